The van der Waals surface area contributed by atoms with Gasteiger partial charge >= 0.3 is 0 Å². The molecule has 0 saturated heterocycles. The maximum absolute atomic E-state index is 12.9. The number of rotatable bonds is 7. The average molecular weight is 366 g/mol. The molecule has 140 valence electrons. The van der Waals surface area contributed by atoms with Crippen LogP contribution in [-0.2, 0) is 11.3 Å². The van der Waals surface area contributed by atoms with E-state index < -0.39 is 0 Å². The molecule has 6 heteroatoms. The fourth-order valence-electron chi connectivity index (χ4n) is 2.89. The Morgan fingerprint density at radius 3 is 2.52 bits per heavy atom. The first-order valence-corrected chi connectivity index (χ1v) is 8.65. The zero-order valence-electron chi connectivity index (χ0n) is 15.4. The van der Waals surface area contributed by atoms with Gasteiger partial charge < -0.3 is 19.4 Å². The number of para-hydroxylation sites is 1. The summed E-state index contributed by atoms with van der Waals surface area (Å²) in [4.78, 5) is 29.9. The number of amides is 1. The van der Waals surface area contributed by atoms with Gasteiger partial charge in [-0.25, -0.2) is 0 Å². The molecule has 1 aromatic heterocycles. The van der Waals surface area contributed by atoms with Gasteiger partial charge in [0.2, 0.25) is 0 Å². The minimum absolute atomic E-state index is 0.165. The third kappa shape index (κ3) is 4.35. The number of hydrogen-bond acceptors (Lipinski definition) is 4. The van der Waals surface area contributed by atoms with E-state index in [9.17, 15) is 9.59 Å². The number of carbonyl (C=O) groups excluding carboxylic acids is 1. The third-order valence-electron chi connectivity index (χ3n) is 4.38. The molecule has 0 spiro atoms. The van der Waals surface area contributed by atoms with Crippen LogP contribution in [0.2, 0.25) is 0 Å². The standard InChI is InChI=1S/C21H22N2O4/c1-26-12-11-23(21(25)15-7-9-18(27-2)10-8-15)14-17-13-16-5-3-4-6-19(16)22-20(17)24/h3-10,13H,11-12,14H2,1-2H3,(H,22,24). The van der Waals surface area contributed by atoms with Crippen LogP contribution in [0.4, 0.5) is 0 Å². The van der Waals surface area contributed by atoms with Gasteiger partial charge in [0.05, 0.1) is 20.3 Å². The number of nitrogens with one attached hydrogen (secondary N) is 1. The second-order valence-corrected chi connectivity index (χ2v) is 6.16. The highest BCUT2D eigenvalue weighted by atomic mass is 16.5. The van der Waals surface area contributed by atoms with Gasteiger partial charge in [-0.15, -0.1) is 0 Å². The number of nitrogens with zero attached hydrogens (tertiary/aromatic N) is 1. The van der Waals surface area contributed by atoms with Crippen molar-refractivity contribution in [1.82, 2.24) is 9.88 Å². The third-order valence-corrected chi connectivity index (χ3v) is 4.38. The monoisotopic (exact) mass is 366 g/mol. The van der Waals surface area contributed by atoms with Crippen LogP contribution in [0.5, 0.6) is 5.75 Å². The number of methoxy groups -OCH3 is 2. The van der Waals surface area contributed by atoms with Crippen LogP contribution in [0, 0.1) is 0 Å². The quantitative estimate of drug-likeness (QED) is 0.698. The number of H-pyrrole nitrogens is 1. The van der Waals surface area contributed by atoms with Gasteiger partial charge in [0, 0.05) is 30.3 Å². The van der Waals surface area contributed by atoms with Gasteiger partial charge in [-0.1, -0.05) is 18.2 Å². The number of benzene rings is 2. The zero-order chi connectivity index (χ0) is 19.2. The van der Waals surface area contributed by atoms with Crippen molar-refractivity contribution in [2.45, 2.75) is 6.54 Å². The zero-order valence-corrected chi connectivity index (χ0v) is 15.4. The summed E-state index contributed by atoms with van der Waals surface area (Å²) in [6, 6.07) is 16.3. The number of fused-ring (bicyclic) bond motifs is 1. The summed E-state index contributed by atoms with van der Waals surface area (Å²) in [7, 11) is 3.16. The normalized spacial score (nSPS) is 10.7. The predicted octanol–water partition coefficient (Wildman–Crippen LogP) is 2.83. The molecular weight excluding hydrogens is 344 g/mol. The summed E-state index contributed by atoms with van der Waals surface area (Å²) in [6.07, 6.45) is 0. The maximum Gasteiger partial charge on any atom is 0.254 e. The highest BCUT2D eigenvalue weighted by molar-refractivity contribution is 5.94. The molecule has 0 bridgehead atoms. The van der Waals surface area contributed by atoms with E-state index in [1.165, 1.54) is 0 Å². The van der Waals surface area contributed by atoms with Crippen LogP contribution >= 0.6 is 0 Å². The molecule has 0 radical (unpaired) electrons. The lowest BCUT2D eigenvalue weighted by molar-refractivity contribution is 0.0679. The van der Waals surface area contributed by atoms with Crippen molar-refractivity contribution < 1.29 is 14.3 Å². The number of aromatic amines is 1. The van der Waals surface area contributed by atoms with Crippen molar-refractivity contribution in [1.29, 1.82) is 0 Å². The van der Waals surface area contributed by atoms with E-state index in [1.807, 2.05) is 30.3 Å². The Morgan fingerprint density at radius 1 is 1.07 bits per heavy atom. The molecule has 3 aromatic rings. The lowest BCUT2D eigenvalue weighted by Crippen LogP contribution is -2.35. The topological polar surface area (TPSA) is 71.6 Å². The Bertz CT molecular complexity index is 979. The van der Waals surface area contributed by atoms with E-state index in [0.29, 0.717) is 30.0 Å². The second-order valence-electron chi connectivity index (χ2n) is 6.16. The van der Waals surface area contributed by atoms with Crippen LogP contribution in [0.25, 0.3) is 10.9 Å². The SMILES string of the molecule is COCCN(Cc1cc2ccccc2[nH]c1=O)C(=O)c1ccc(OC)cc1. The van der Waals surface area contributed by atoms with Gasteiger partial charge in [-0.3, -0.25) is 9.59 Å². The van der Waals surface area contributed by atoms with Gasteiger partial charge in [-0.05, 0) is 41.8 Å². The Balaban J connectivity index is 1.89. The van der Waals surface area contributed by atoms with Crippen LogP contribution in [-0.4, -0.2) is 43.2 Å². The summed E-state index contributed by atoms with van der Waals surface area (Å²) in [5.41, 5.74) is 1.64. The molecule has 2 aromatic carbocycles. The van der Waals surface area contributed by atoms with Crippen molar-refractivity contribution in [2.75, 3.05) is 27.4 Å². The van der Waals surface area contributed by atoms with Gasteiger partial charge in [0.1, 0.15) is 5.75 Å². The van der Waals surface area contributed by atoms with E-state index in [1.54, 1.807) is 43.4 Å². The van der Waals surface area contributed by atoms with Crippen LogP contribution in [0.15, 0.2) is 59.4 Å². The van der Waals surface area contributed by atoms with E-state index in [2.05, 4.69) is 4.98 Å². The summed E-state index contributed by atoms with van der Waals surface area (Å²) in [5, 5.41) is 0.927. The first-order valence-electron chi connectivity index (χ1n) is 8.65. The van der Waals surface area contributed by atoms with Crippen molar-refractivity contribution in [3.05, 3.63) is 76.1 Å². The van der Waals surface area contributed by atoms with E-state index in [4.69, 9.17) is 9.47 Å². The van der Waals surface area contributed by atoms with Crippen molar-refractivity contribution in [3.63, 3.8) is 0 Å². The maximum atomic E-state index is 12.9. The highest BCUT2D eigenvalue weighted by Crippen LogP contribution is 2.16. The molecule has 3 rings (SSSR count). The minimum atomic E-state index is -0.196. The lowest BCUT2D eigenvalue weighted by Gasteiger charge is -2.22. The van der Waals surface area contributed by atoms with Crippen molar-refractivity contribution in [2.24, 2.45) is 0 Å². The molecule has 6 nitrogen and oxygen atoms in total. The van der Waals surface area contributed by atoms with E-state index >= 15 is 0 Å². The summed E-state index contributed by atoms with van der Waals surface area (Å²) < 4.78 is 10.3. The molecule has 0 aliphatic rings. The molecule has 0 saturated carbocycles. The fourth-order valence-corrected chi connectivity index (χ4v) is 2.89. The van der Waals surface area contributed by atoms with Crippen LogP contribution < -0.4 is 10.3 Å². The molecule has 1 heterocycles. The van der Waals surface area contributed by atoms with E-state index in [-0.39, 0.29) is 18.0 Å². The minimum Gasteiger partial charge on any atom is -0.497 e. The van der Waals surface area contributed by atoms with Crippen LogP contribution in [0.3, 0.4) is 0 Å². The Morgan fingerprint density at radius 2 is 1.81 bits per heavy atom. The van der Waals surface area contributed by atoms with Crippen LogP contribution in [0.1, 0.15) is 15.9 Å². The van der Waals surface area contributed by atoms with Gasteiger partial charge in [0.25, 0.3) is 11.5 Å². The van der Waals surface area contributed by atoms with Crippen molar-refractivity contribution >= 4 is 16.8 Å². The fraction of sp³-hybridized carbons (Fsp3) is 0.238. The number of ether oxygens (including phenoxy) is 2. The molecule has 1 N–H and O–H groups in total. The molecule has 27 heavy (non-hydrogen) atoms. The molecule has 0 fully saturated rings. The lowest BCUT2D eigenvalue weighted by atomic mass is 10.1. The predicted molar refractivity (Wildman–Crippen MR) is 104 cm³/mol. The Kier molecular flexibility index (Phi) is 5.88. The second kappa shape index (κ2) is 8.51. The first-order chi connectivity index (χ1) is 13.1. The van der Waals surface area contributed by atoms with Gasteiger partial charge in [0.15, 0.2) is 0 Å². The number of carbonyl (C=O) groups is 1. The number of aromatic nitrogens is 1. The van der Waals surface area contributed by atoms with Crippen molar-refractivity contribution in [3.8, 4) is 5.75 Å². The molecular formula is C21H22N2O4. The van der Waals surface area contributed by atoms with Gasteiger partial charge in [-0.2, -0.15) is 0 Å². The molecule has 1 amide bonds. The Hall–Kier alpha value is -3.12. The number of pyridine rings is 1. The number of hydrogen-bond donors (Lipinski definition) is 1. The average Bonchev–Trinajstić information content (AvgIpc) is 2.71. The highest BCUT2D eigenvalue weighted by Gasteiger charge is 2.18. The molecule has 0 atom stereocenters. The Labute approximate surface area is 157 Å². The molecule has 0 aliphatic carbocycles. The first kappa shape index (κ1) is 18.7. The summed E-state index contributed by atoms with van der Waals surface area (Å²) in [6.45, 7) is 0.968. The summed E-state index contributed by atoms with van der Waals surface area (Å²) >= 11 is 0. The molecule has 0 unspecified atom stereocenters. The van der Waals surface area contributed by atoms with E-state index in [0.717, 1.165) is 10.9 Å². The smallest absolute Gasteiger partial charge is 0.254 e. The summed E-state index contributed by atoms with van der Waals surface area (Å²) in [5.74, 6) is 0.517. The largest absolute Gasteiger partial charge is 0.497 e. The molecule has 0 aliphatic heterocycles.